The van der Waals surface area contributed by atoms with Crippen LogP contribution in [0.25, 0.3) is 0 Å². The molecular formula is C16H21NO3S. The van der Waals surface area contributed by atoms with Crippen LogP contribution in [0.15, 0.2) is 30.3 Å². The van der Waals surface area contributed by atoms with E-state index in [0.717, 1.165) is 31.4 Å². The average molecular weight is 307 g/mol. The molecule has 5 heteroatoms. The minimum absolute atomic E-state index is 0.0299. The van der Waals surface area contributed by atoms with Crippen LogP contribution in [0, 0.1) is 0 Å². The summed E-state index contributed by atoms with van der Waals surface area (Å²) in [6, 6.07) is 10.0. The lowest BCUT2D eigenvalue weighted by atomic mass is 9.93. The number of carboxylic acid groups (broad SMARTS) is 1. The van der Waals surface area contributed by atoms with Crippen molar-refractivity contribution >= 4 is 23.6 Å². The first-order valence-corrected chi connectivity index (χ1v) is 8.40. The van der Waals surface area contributed by atoms with Crippen molar-refractivity contribution in [3.8, 4) is 0 Å². The van der Waals surface area contributed by atoms with E-state index in [1.807, 2.05) is 30.3 Å². The summed E-state index contributed by atoms with van der Waals surface area (Å²) in [5.41, 5.74) is 0.673. The van der Waals surface area contributed by atoms with E-state index in [2.05, 4.69) is 5.32 Å². The van der Waals surface area contributed by atoms with Gasteiger partial charge in [-0.3, -0.25) is 9.59 Å². The third-order valence-electron chi connectivity index (χ3n) is 3.80. The van der Waals surface area contributed by atoms with Gasteiger partial charge in [0.1, 0.15) is 0 Å². The third-order valence-corrected chi connectivity index (χ3v) is 4.80. The molecule has 1 amide bonds. The van der Waals surface area contributed by atoms with Crippen molar-refractivity contribution in [2.75, 3.05) is 5.75 Å². The maximum atomic E-state index is 12.1. The van der Waals surface area contributed by atoms with Crippen LogP contribution in [0.5, 0.6) is 0 Å². The molecule has 0 aliphatic heterocycles. The maximum Gasteiger partial charge on any atom is 0.305 e. The van der Waals surface area contributed by atoms with Crippen LogP contribution in [0.1, 0.15) is 37.7 Å². The fourth-order valence-electron chi connectivity index (χ4n) is 2.85. The zero-order valence-electron chi connectivity index (χ0n) is 12.0. The van der Waals surface area contributed by atoms with E-state index in [4.69, 9.17) is 5.11 Å². The van der Waals surface area contributed by atoms with Crippen molar-refractivity contribution in [2.24, 2.45) is 0 Å². The summed E-state index contributed by atoms with van der Waals surface area (Å²) in [5.74, 6) is 0.268. The highest BCUT2D eigenvalue weighted by atomic mass is 32.2. The van der Waals surface area contributed by atoms with Gasteiger partial charge in [0.15, 0.2) is 0 Å². The number of hydrogen-bond acceptors (Lipinski definition) is 3. The fourth-order valence-corrected chi connectivity index (χ4v) is 3.64. The molecule has 21 heavy (non-hydrogen) atoms. The predicted octanol–water partition coefficient (Wildman–Crippen LogP) is 2.82. The third kappa shape index (κ3) is 5.08. The summed E-state index contributed by atoms with van der Waals surface area (Å²) in [4.78, 5) is 23.0. The molecule has 0 saturated heterocycles. The molecule has 0 atom stereocenters. The number of rotatable bonds is 7. The molecule has 0 aromatic heterocycles. The van der Waals surface area contributed by atoms with Gasteiger partial charge in [0.05, 0.1) is 17.7 Å². The van der Waals surface area contributed by atoms with Crippen molar-refractivity contribution in [3.63, 3.8) is 0 Å². The number of nitrogens with one attached hydrogen (secondary N) is 1. The van der Waals surface area contributed by atoms with E-state index in [9.17, 15) is 9.59 Å². The minimum Gasteiger partial charge on any atom is -0.481 e. The molecule has 2 N–H and O–H groups in total. The van der Waals surface area contributed by atoms with Crippen molar-refractivity contribution in [1.29, 1.82) is 0 Å². The lowest BCUT2D eigenvalue weighted by Crippen LogP contribution is -2.48. The molecule has 0 unspecified atom stereocenters. The first-order valence-electron chi connectivity index (χ1n) is 7.24. The Morgan fingerprint density at radius 3 is 2.48 bits per heavy atom. The highest BCUT2D eigenvalue weighted by molar-refractivity contribution is 7.99. The number of carboxylic acids is 1. The normalized spacial score (nSPS) is 16.6. The second-order valence-electron chi connectivity index (χ2n) is 5.58. The predicted molar refractivity (Wildman–Crippen MR) is 84.2 cm³/mol. The topological polar surface area (TPSA) is 66.4 Å². The Kier molecular flexibility index (Phi) is 5.67. The number of hydrogen-bond donors (Lipinski definition) is 2. The molecule has 0 bridgehead atoms. The van der Waals surface area contributed by atoms with E-state index < -0.39 is 11.5 Å². The van der Waals surface area contributed by atoms with E-state index in [1.54, 1.807) is 11.8 Å². The fraction of sp³-hybridized carbons (Fsp3) is 0.500. The van der Waals surface area contributed by atoms with Crippen LogP contribution in [0.3, 0.4) is 0 Å². The van der Waals surface area contributed by atoms with E-state index in [0.29, 0.717) is 5.75 Å². The van der Waals surface area contributed by atoms with Crippen molar-refractivity contribution in [1.82, 2.24) is 5.32 Å². The van der Waals surface area contributed by atoms with Crippen LogP contribution in [0.4, 0.5) is 0 Å². The largest absolute Gasteiger partial charge is 0.481 e. The minimum atomic E-state index is -0.839. The molecule has 1 aromatic rings. The van der Waals surface area contributed by atoms with E-state index in [-0.39, 0.29) is 12.3 Å². The average Bonchev–Trinajstić information content (AvgIpc) is 2.87. The lowest BCUT2D eigenvalue weighted by Gasteiger charge is -2.28. The number of aliphatic carboxylic acids is 1. The molecule has 1 aliphatic carbocycles. The van der Waals surface area contributed by atoms with Gasteiger partial charge >= 0.3 is 5.97 Å². The Balaban J connectivity index is 1.78. The van der Waals surface area contributed by atoms with Gasteiger partial charge in [0, 0.05) is 5.75 Å². The SMILES string of the molecule is O=C(O)CC1(NC(=O)CSCc2ccccc2)CCCC1. The Labute approximate surface area is 129 Å². The summed E-state index contributed by atoms with van der Waals surface area (Å²) in [6.45, 7) is 0. The molecule has 1 aliphatic rings. The summed E-state index contributed by atoms with van der Waals surface area (Å²) >= 11 is 1.56. The molecule has 1 fully saturated rings. The first kappa shape index (κ1) is 15.9. The summed E-state index contributed by atoms with van der Waals surface area (Å²) in [7, 11) is 0. The number of benzene rings is 1. The smallest absolute Gasteiger partial charge is 0.305 e. The highest BCUT2D eigenvalue weighted by Gasteiger charge is 2.37. The quantitative estimate of drug-likeness (QED) is 0.813. The van der Waals surface area contributed by atoms with E-state index in [1.165, 1.54) is 5.56 Å². The van der Waals surface area contributed by atoms with Gasteiger partial charge in [-0.05, 0) is 18.4 Å². The summed E-state index contributed by atoms with van der Waals surface area (Å²) in [6.07, 6.45) is 3.56. The molecule has 2 rings (SSSR count). The summed E-state index contributed by atoms with van der Waals surface area (Å²) in [5, 5.41) is 12.0. The molecule has 1 saturated carbocycles. The molecular weight excluding hydrogens is 286 g/mol. The second kappa shape index (κ2) is 7.50. The van der Waals surface area contributed by atoms with Gasteiger partial charge in [-0.1, -0.05) is 43.2 Å². The van der Waals surface area contributed by atoms with Gasteiger partial charge in [0.2, 0.25) is 5.91 Å². The van der Waals surface area contributed by atoms with Crippen LogP contribution >= 0.6 is 11.8 Å². The zero-order chi connectivity index (χ0) is 15.1. The van der Waals surface area contributed by atoms with Gasteiger partial charge in [-0.2, -0.15) is 0 Å². The number of amides is 1. The van der Waals surface area contributed by atoms with E-state index >= 15 is 0 Å². The van der Waals surface area contributed by atoms with Crippen LogP contribution < -0.4 is 5.32 Å². The first-order chi connectivity index (χ1) is 10.1. The number of thioether (sulfide) groups is 1. The van der Waals surface area contributed by atoms with Crippen LogP contribution in [0.2, 0.25) is 0 Å². The van der Waals surface area contributed by atoms with Crippen molar-refractivity contribution in [3.05, 3.63) is 35.9 Å². The van der Waals surface area contributed by atoms with Crippen molar-refractivity contribution in [2.45, 2.75) is 43.4 Å². The maximum absolute atomic E-state index is 12.1. The van der Waals surface area contributed by atoms with Crippen molar-refractivity contribution < 1.29 is 14.7 Å². The Hall–Kier alpha value is -1.49. The number of carbonyl (C=O) groups is 2. The zero-order valence-corrected chi connectivity index (χ0v) is 12.8. The molecule has 0 heterocycles. The molecule has 4 nitrogen and oxygen atoms in total. The van der Waals surface area contributed by atoms with Crippen LogP contribution in [-0.4, -0.2) is 28.3 Å². The molecule has 1 aromatic carbocycles. The summed E-state index contributed by atoms with van der Waals surface area (Å²) < 4.78 is 0. The lowest BCUT2D eigenvalue weighted by molar-refractivity contribution is -0.139. The molecule has 114 valence electrons. The van der Waals surface area contributed by atoms with Gasteiger partial charge < -0.3 is 10.4 Å². The van der Waals surface area contributed by atoms with Gasteiger partial charge in [-0.25, -0.2) is 0 Å². The highest BCUT2D eigenvalue weighted by Crippen LogP contribution is 2.32. The van der Waals surface area contributed by atoms with Gasteiger partial charge in [0.25, 0.3) is 0 Å². The standard InChI is InChI=1S/C16H21NO3S/c18-14(12-21-11-13-6-2-1-3-7-13)17-16(10-15(19)20)8-4-5-9-16/h1-3,6-7H,4-5,8-12H2,(H,17,18)(H,19,20). The monoisotopic (exact) mass is 307 g/mol. The van der Waals surface area contributed by atoms with Gasteiger partial charge in [-0.15, -0.1) is 11.8 Å². The number of carbonyl (C=O) groups excluding carboxylic acids is 1. The molecule has 0 radical (unpaired) electrons. The Morgan fingerprint density at radius 2 is 1.86 bits per heavy atom. The molecule has 0 spiro atoms. The second-order valence-corrected chi connectivity index (χ2v) is 6.57. The Bertz CT molecular complexity index is 484. The van der Waals surface area contributed by atoms with Crippen LogP contribution in [-0.2, 0) is 15.3 Å². The Morgan fingerprint density at radius 1 is 1.19 bits per heavy atom.